The molecule has 0 radical (unpaired) electrons. The summed E-state index contributed by atoms with van der Waals surface area (Å²) in [6.07, 6.45) is -0.524. The van der Waals surface area contributed by atoms with E-state index in [4.69, 9.17) is 27.9 Å². The predicted octanol–water partition coefficient (Wildman–Crippen LogP) is 3.59. The van der Waals surface area contributed by atoms with Crippen LogP contribution in [0.2, 0.25) is 0 Å². The lowest BCUT2D eigenvalue weighted by atomic mass is 10.1. The van der Waals surface area contributed by atoms with Crippen molar-refractivity contribution in [1.29, 1.82) is 0 Å². The van der Waals surface area contributed by atoms with E-state index in [-0.39, 0.29) is 0 Å². The Labute approximate surface area is 111 Å². The topological polar surface area (TPSA) is 38.3 Å². The van der Waals surface area contributed by atoms with Gasteiger partial charge in [-0.05, 0) is 19.4 Å². The van der Waals surface area contributed by atoms with Gasteiger partial charge in [0.2, 0.25) is 0 Å². The van der Waals surface area contributed by atoms with Gasteiger partial charge in [0.05, 0.1) is 12.6 Å². The van der Waals surface area contributed by atoms with Crippen LogP contribution in [0.3, 0.4) is 0 Å². The van der Waals surface area contributed by atoms with Gasteiger partial charge in [-0.1, -0.05) is 29.8 Å². The van der Waals surface area contributed by atoms with Crippen LogP contribution in [-0.2, 0) is 4.74 Å². The molecule has 94 valence electrons. The first-order chi connectivity index (χ1) is 8.04. The van der Waals surface area contributed by atoms with Crippen LogP contribution in [0.25, 0.3) is 0 Å². The second-order valence-electron chi connectivity index (χ2n) is 3.59. The lowest BCUT2D eigenvalue weighted by Crippen LogP contribution is -2.32. The average Bonchev–Trinajstić information content (AvgIpc) is 2.27. The molecule has 0 bridgehead atoms. The Hall–Kier alpha value is -0.930. The fourth-order valence-electron chi connectivity index (χ4n) is 1.37. The summed E-state index contributed by atoms with van der Waals surface area (Å²) in [5, 5.41) is 2.63. The van der Waals surface area contributed by atoms with Crippen LogP contribution in [0, 0.1) is 6.92 Å². The van der Waals surface area contributed by atoms with Gasteiger partial charge in [0.25, 0.3) is 0 Å². The summed E-state index contributed by atoms with van der Waals surface area (Å²) in [5.41, 5.74) is 1.97. The van der Waals surface area contributed by atoms with Crippen LogP contribution >= 0.6 is 23.2 Å². The molecule has 0 aliphatic heterocycles. The number of halogens is 2. The largest absolute Gasteiger partial charge is 0.450 e. The Morgan fingerprint density at radius 1 is 1.35 bits per heavy atom. The number of carbonyl (C=O) groups excluding carboxylic acids is 1. The maximum atomic E-state index is 11.3. The predicted molar refractivity (Wildman–Crippen MR) is 69.6 cm³/mol. The molecule has 1 amide bonds. The van der Waals surface area contributed by atoms with Gasteiger partial charge >= 0.3 is 6.09 Å². The highest BCUT2D eigenvalue weighted by Gasteiger charge is 2.21. The van der Waals surface area contributed by atoms with Crippen molar-refractivity contribution in [2.45, 2.75) is 24.7 Å². The maximum absolute atomic E-state index is 11.3. The summed E-state index contributed by atoms with van der Waals surface area (Å²) in [6, 6.07) is 7.16. The lowest BCUT2D eigenvalue weighted by molar-refractivity contribution is 0.148. The van der Waals surface area contributed by atoms with Crippen molar-refractivity contribution in [3.63, 3.8) is 0 Å². The number of carbonyl (C=O) groups is 1. The first-order valence-corrected chi connectivity index (χ1v) is 6.20. The highest BCUT2D eigenvalue weighted by molar-refractivity contribution is 6.44. The molecule has 0 aliphatic carbocycles. The molecule has 1 rings (SSSR count). The summed E-state index contributed by atoms with van der Waals surface area (Å²) >= 11 is 11.7. The molecule has 17 heavy (non-hydrogen) atoms. The molecule has 5 heteroatoms. The normalized spacial score (nSPS) is 12.3. The number of ether oxygens (including phenoxy) is 1. The summed E-state index contributed by atoms with van der Waals surface area (Å²) in [5.74, 6) is 0. The van der Waals surface area contributed by atoms with E-state index in [0.29, 0.717) is 6.61 Å². The molecule has 0 saturated heterocycles. The third kappa shape index (κ3) is 4.44. The van der Waals surface area contributed by atoms with E-state index in [1.807, 2.05) is 31.2 Å². The third-order valence-electron chi connectivity index (χ3n) is 2.24. The van der Waals surface area contributed by atoms with Crippen molar-refractivity contribution in [3.8, 4) is 0 Å². The van der Waals surface area contributed by atoms with Gasteiger partial charge in [-0.15, -0.1) is 23.2 Å². The van der Waals surface area contributed by atoms with Gasteiger partial charge in [-0.2, -0.15) is 0 Å². The summed E-state index contributed by atoms with van der Waals surface area (Å²) < 4.78 is 4.80. The molecule has 0 spiro atoms. The molecule has 0 fully saturated rings. The van der Waals surface area contributed by atoms with E-state index in [9.17, 15) is 4.79 Å². The molecule has 0 heterocycles. The van der Waals surface area contributed by atoms with Crippen LogP contribution in [0.15, 0.2) is 24.3 Å². The fourth-order valence-corrected chi connectivity index (χ4v) is 1.78. The van der Waals surface area contributed by atoms with E-state index in [2.05, 4.69) is 5.32 Å². The Kier molecular flexibility index (Phi) is 5.59. The SMILES string of the molecule is CCOC(=O)NC(c1ccc(C)cc1)C(Cl)Cl. The minimum absolute atomic E-state index is 0.307. The minimum Gasteiger partial charge on any atom is -0.450 e. The number of amides is 1. The molecule has 1 atom stereocenters. The van der Waals surface area contributed by atoms with Crippen molar-refractivity contribution in [1.82, 2.24) is 5.32 Å². The average molecular weight is 276 g/mol. The number of benzene rings is 1. The molecule has 3 nitrogen and oxygen atoms in total. The van der Waals surface area contributed by atoms with Crippen molar-refractivity contribution in [2.24, 2.45) is 0 Å². The quantitative estimate of drug-likeness (QED) is 0.853. The van der Waals surface area contributed by atoms with E-state index in [0.717, 1.165) is 11.1 Å². The van der Waals surface area contributed by atoms with E-state index in [1.165, 1.54) is 0 Å². The van der Waals surface area contributed by atoms with Gasteiger partial charge in [0.1, 0.15) is 4.84 Å². The highest BCUT2D eigenvalue weighted by atomic mass is 35.5. The Morgan fingerprint density at radius 2 is 1.94 bits per heavy atom. The number of alkyl halides is 2. The van der Waals surface area contributed by atoms with Gasteiger partial charge < -0.3 is 10.1 Å². The van der Waals surface area contributed by atoms with Crippen LogP contribution < -0.4 is 5.32 Å². The maximum Gasteiger partial charge on any atom is 0.407 e. The number of hydrogen-bond acceptors (Lipinski definition) is 2. The Balaban J connectivity index is 2.79. The zero-order chi connectivity index (χ0) is 12.8. The molecule has 1 aromatic carbocycles. The minimum atomic E-state index is -0.734. The summed E-state index contributed by atoms with van der Waals surface area (Å²) in [6.45, 7) is 4.03. The smallest absolute Gasteiger partial charge is 0.407 e. The summed E-state index contributed by atoms with van der Waals surface area (Å²) in [4.78, 5) is 10.6. The van der Waals surface area contributed by atoms with Crippen molar-refractivity contribution in [3.05, 3.63) is 35.4 Å². The zero-order valence-corrected chi connectivity index (χ0v) is 11.3. The van der Waals surface area contributed by atoms with Crippen LogP contribution in [0.1, 0.15) is 24.1 Å². The number of rotatable bonds is 4. The first kappa shape index (κ1) is 14.1. The molecule has 1 aromatic rings. The standard InChI is InChI=1S/C12H15Cl2NO2/c1-3-17-12(16)15-10(11(13)14)9-6-4-8(2)5-7-9/h4-7,10-11H,3H2,1-2H3,(H,15,16). The Bertz CT molecular complexity index is 365. The van der Waals surface area contributed by atoms with Crippen LogP contribution in [-0.4, -0.2) is 17.5 Å². The highest BCUT2D eigenvalue weighted by Crippen LogP contribution is 2.24. The van der Waals surface area contributed by atoms with Gasteiger partial charge in [-0.3, -0.25) is 0 Å². The lowest BCUT2D eigenvalue weighted by Gasteiger charge is -2.19. The third-order valence-corrected chi connectivity index (χ3v) is 2.74. The zero-order valence-electron chi connectivity index (χ0n) is 9.74. The molecule has 1 unspecified atom stereocenters. The molecule has 1 N–H and O–H groups in total. The van der Waals surface area contributed by atoms with Gasteiger partial charge in [0, 0.05) is 0 Å². The molecular weight excluding hydrogens is 261 g/mol. The second kappa shape index (κ2) is 6.72. The van der Waals surface area contributed by atoms with Gasteiger partial charge in [0.15, 0.2) is 0 Å². The number of nitrogens with one attached hydrogen (secondary N) is 1. The fraction of sp³-hybridized carbons (Fsp3) is 0.417. The van der Waals surface area contributed by atoms with Crippen molar-refractivity contribution in [2.75, 3.05) is 6.61 Å². The Morgan fingerprint density at radius 3 is 2.41 bits per heavy atom. The molecular formula is C12H15Cl2NO2. The number of hydrogen-bond donors (Lipinski definition) is 1. The van der Waals surface area contributed by atoms with E-state index < -0.39 is 17.0 Å². The van der Waals surface area contributed by atoms with Gasteiger partial charge in [-0.25, -0.2) is 4.79 Å². The number of alkyl carbamates (subject to hydrolysis) is 1. The monoisotopic (exact) mass is 275 g/mol. The van der Waals surface area contributed by atoms with Crippen LogP contribution in [0.4, 0.5) is 4.79 Å². The van der Waals surface area contributed by atoms with Crippen molar-refractivity contribution >= 4 is 29.3 Å². The molecule has 0 saturated carbocycles. The van der Waals surface area contributed by atoms with E-state index in [1.54, 1.807) is 6.92 Å². The van der Waals surface area contributed by atoms with E-state index >= 15 is 0 Å². The molecule has 0 aliphatic rings. The second-order valence-corrected chi connectivity index (χ2v) is 4.75. The van der Waals surface area contributed by atoms with Crippen LogP contribution in [0.5, 0.6) is 0 Å². The molecule has 0 aromatic heterocycles. The van der Waals surface area contributed by atoms with Crippen molar-refractivity contribution < 1.29 is 9.53 Å². The first-order valence-electron chi connectivity index (χ1n) is 5.32. The summed E-state index contributed by atoms with van der Waals surface area (Å²) in [7, 11) is 0. The number of aryl methyl sites for hydroxylation is 1.